The van der Waals surface area contributed by atoms with Crippen LogP contribution in [0.2, 0.25) is 0 Å². The van der Waals surface area contributed by atoms with Crippen LogP contribution in [0.15, 0.2) is 188 Å². The molecule has 8 aromatic carbocycles. The van der Waals surface area contributed by atoms with E-state index in [0.29, 0.717) is 0 Å². The molecular weight excluding hydrogens is 599 g/mol. The molecule has 0 bridgehead atoms. The lowest BCUT2D eigenvalue weighted by Gasteiger charge is -2.26. The smallest absolute Gasteiger partial charge is 0.0467 e. The van der Waals surface area contributed by atoms with Crippen LogP contribution >= 0.6 is 11.3 Å². The van der Waals surface area contributed by atoms with Crippen LogP contribution in [0, 0.1) is 0 Å². The third-order valence-electron chi connectivity index (χ3n) is 9.26. The molecule has 226 valence electrons. The minimum absolute atomic E-state index is 1.11. The van der Waals surface area contributed by atoms with Gasteiger partial charge in [-0.1, -0.05) is 127 Å². The highest BCUT2D eigenvalue weighted by Gasteiger charge is 2.15. The van der Waals surface area contributed by atoms with Gasteiger partial charge in [-0.25, -0.2) is 0 Å². The summed E-state index contributed by atoms with van der Waals surface area (Å²) >= 11 is 1.86. The molecule has 1 heterocycles. The summed E-state index contributed by atoms with van der Waals surface area (Å²) in [5.41, 5.74) is 10.6. The molecule has 0 radical (unpaired) electrons. The second-order valence-electron chi connectivity index (χ2n) is 12.2. The molecule has 0 saturated heterocycles. The number of thiophene rings is 1. The topological polar surface area (TPSA) is 3.24 Å². The number of benzene rings is 8. The molecule has 9 rings (SSSR count). The van der Waals surface area contributed by atoms with Gasteiger partial charge in [0.1, 0.15) is 0 Å². The Morgan fingerprint density at radius 1 is 0.292 bits per heavy atom. The van der Waals surface area contributed by atoms with Crippen LogP contribution in [0.3, 0.4) is 0 Å². The fraction of sp³-hybridized carbons (Fsp3) is 0. The zero-order valence-corrected chi connectivity index (χ0v) is 27.1. The molecule has 1 nitrogen and oxygen atoms in total. The summed E-state index contributed by atoms with van der Waals surface area (Å²) in [6.07, 6.45) is 0. The monoisotopic (exact) mass is 629 g/mol. The third-order valence-corrected chi connectivity index (χ3v) is 10.4. The highest BCUT2D eigenvalue weighted by molar-refractivity contribution is 7.25. The summed E-state index contributed by atoms with van der Waals surface area (Å²) in [6, 6.07) is 68.2. The van der Waals surface area contributed by atoms with Crippen molar-refractivity contribution in [1.29, 1.82) is 0 Å². The van der Waals surface area contributed by atoms with Gasteiger partial charge in [0.05, 0.1) is 0 Å². The Morgan fingerprint density at radius 2 is 0.833 bits per heavy atom. The molecule has 0 aliphatic heterocycles. The quantitative estimate of drug-likeness (QED) is 0.177. The van der Waals surface area contributed by atoms with E-state index in [1.807, 2.05) is 11.3 Å². The number of rotatable bonds is 6. The van der Waals surface area contributed by atoms with Crippen LogP contribution in [0.4, 0.5) is 17.1 Å². The van der Waals surface area contributed by atoms with Gasteiger partial charge in [0.15, 0.2) is 0 Å². The first-order valence-electron chi connectivity index (χ1n) is 16.3. The van der Waals surface area contributed by atoms with Crippen molar-refractivity contribution in [3.63, 3.8) is 0 Å². The van der Waals surface area contributed by atoms with Gasteiger partial charge in [-0.15, -0.1) is 11.3 Å². The average molecular weight is 630 g/mol. The Balaban J connectivity index is 1.13. The van der Waals surface area contributed by atoms with Gasteiger partial charge in [-0.05, 0) is 105 Å². The lowest BCUT2D eigenvalue weighted by atomic mass is 10.00. The number of hydrogen-bond donors (Lipinski definition) is 0. The molecule has 0 amide bonds. The molecule has 0 N–H and O–H groups in total. The predicted octanol–water partition coefficient (Wildman–Crippen LogP) is 13.7. The van der Waals surface area contributed by atoms with Crippen LogP contribution in [-0.4, -0.2) is 0 Å². The van der Waals surface area contributed by atoms with Crippen LogP contribution in [0.1, 0.15) is 0 Å². The summed E-state index contributed by atoms with van der Waals surface area (Å²) in [5, 5.41) is 5.15. The van der Waals surface area contributed by atoms with Gasteiger partial charge >= 0.3 is 0 Å². The lowest BCUT2D eigenvalue weighted by Crippen LogP contribution is -2.10. The molecule has 48 heavy (non-hydrogen) atoms. The summed E-state index contributed by atoms with van der Waals surface area (Å²) in [4.78, 5) is 2.36. The van der Waals surface area contributed by atoms with E-state index in [1.54, 1.807) is 0 Å². The minimum atomic E-state index is 1.11. The summed E-state index contributed by atoms with van der Waals surface area (Å²) in [7, 11) is 0. The van der Waals surface area contributed by atoms with Gasteiger partial charge in [0.25, 0.3) is 0 Å². The molecule has 1 aromatic heterocycles. The Kier molecular flexibility index (Phi) is 7.07. The minimum Gasteiger partial charge on any atom is -0.310 e. The largest absolute Gasteiger partial charge is 0.310 e. The Morgan fingerprint density at radius 3 is 1.62 bits per heavy atom. The molecule has 0 unspecified atom stereocenters. The maximum absolute atomic E-state index is 2.36. The molecule has 0 aliphatic carbocycles. The second kappa shape index (κ2) is 12.0. The molecule has 9 aromatic rings. The van der Waals surface area contributed by atoms with Crippen molar-refractivity contribution >= 4 is 59.3 Å². The first-order valence-corrected chi connectivity index (χ1v) is 17.2. The van der Waals surface area contributed by atoms with E-state index in [2.05, 4.69) is 193 Å². The van der Waals surface area contributed by atoms with E-state index >= 15 is 0 Å². The fourth-order valence-corrected chi connectivity index (χ4v) is 7.87. The zero-order chi connectivity index (χ0) is 31.9. The van der Waals surface area contributed by atoms with Crippen molar-refractivity contribution in [2.75, 3.05) is 4.90 Å². The SMILES string of the molecule is c1ccc(-c2ccc(N(c3ccc(-c4ccc5ccccc5c4)cc3)c3cccc(-c4ccc5sc6ccccc6c5c4)c3)cc2)cc1. The Bertz CT molecular complexity index is 2540. The standard InChI is InChI=1S/C46H31NS/c1-2-9-32(10-3-1)34-19-24-40(25-20-34)47(41-26-21-35(22-27-41)38-18-17-33-11-4-5-12-36(33)29-38)42-14-8-13-37(30-42)39-23-28-46-44(31-39)43-15-6-7-16-45(43)48-46/h1-31H. The zero-order valence-electron chi connectivity index (χ0n) is 26.3. The Hall–Kier alpha value is -5.96. The average Bonchev–Trinajstić information content (AvgIpc) is 3.54. The maximum atomic E-state index is 2.36. The van der Waals surface area contributed by atoms with Gasteiger partial charge in [-0.3, -0.25) is 0 Å². The number of anilines is 3. The van der Waals surface area contributed by atoms with Gasteiger partial charge in [0.2, 0.25) is 0 Å². The summed E-state index contributed by atoms with van der Waals surface area (Å²) in [5.74, 6) is 0. The van der Waals surface area contributed by atoms with E-state index in [0.717, 1.165) is 17.1 Å². The van der Waals surface area contributed by atoms with Crippen molar-refractivity contribution in [3.8, 4) is 33.4 Å². The van der Waals surface area contributed by atoms with E-state index in [9.17, 15) is 0 Å². The van der Waals surface area contributed by atoms with E-state index in [-0.39, 0.29) is 0 Å². The van der Waals surface area contributed by atoms with Crippen molar-refractivity contribution in [3.05, 3.63) is 188 Å². The molecule has 0 aliphatic rings. The van der Waals surface area contributed by atoms with Crippen molar-refractivity contribution in [2.45, 2.75) is 0 Å². The molecule has 0 saturated carbocycles. The van der Waals surface area contributed by atoms with Crippen molar-refractivity contribution in [1.82, 2.24) is 0 Å². The maximum Gasteiger partial charge on any atom is 0.0467 e. The summed E-state index contributed by atoms with van der Waals surface area (Å²) < 4.78 is 2.65. The Labute approximate surface area is 284 Å². The first-order chi connectivity index (χ1) is 23.8. The van der Waals surface area contributed by atoms with Gasteiger partial charge in [-0.2, -0.15) is 0 Å². The van der Waals surface area contributed by atoms with E-state index < -0.39 is 0 Å². The van der Waals surface area contributed by atoms with Crippen molar-refractivity contribution in [2.24, 2.45) is 0 Å². The molecular formula is C46H31NS. The van der Waals surface area contributed by atoms with E-state index in [1.165, 1.54) is 64.3 Å². The van der Waals surface area contributed by atoms with Gasteiger partial charge in [0, 0.05) is 37.2 Å². The molecule has 2 heteroatoms. The lowest BCUT2D eigenvalue weighted by molar-refractivity contribution is 1.28. The van der Waals surface area contributed by atoms with E-state index in [4.69, 9.17) is 0 Å². The number of fused-ring (bicyclic) bond motifs is 4. The molecule has 0 fully saturated rings. The van der Waals surface area contributed by atoms with Crippen LogP contribution in [-0.2, 0) is 0 Å². The normalized spacial score (nSPS) is 11.3. The number of nitrogens with zero attached hydrogens (tertiary/aromatic N) is 1. The van der Waals surface area contributed by atoms with Gasteiger partial charge < -0.3 is 4.90 Å². The van der Waals surface area contributed by atoms with Crippen LogP contribution < -0.4 is 4.90 Å². The second-order valence-corrected chi connectivity index (χ2v) is 13.3. The molecule has 0 spiro atoms. The highest BCUT2D eigenvalue weighted by atomic mass is 32.1. The number of hydrogen-bond acceptors (Lipinski definition) is 2. The third kappa shape index (κ3) is 5.23. The fourth-order valence-electron chi connectivity index (χ4n) is 6.78. The predicted molar refractivity (Wildman–Crippen MR) is 208 cm³/mol. The summed E-state index contributed by atoms with van der Waals surface area (Å²) in [6.45, 7) is 0. The molecule has 0 atom stereocenters. The first kappa shape index (κ1) is 28.3. The van der Waals surface area contributed by atoms with Crippen LogP contribution in [0.25, 0.3) is 64.3 Å². The highest BCUT2D eigenvalue weighted by Crippen LogP contribution is 2.40. The van der Waals surface area contributed by atoms with Crippen LogP contribution in [0.5, 0.6) is 0 Å². The van der Waals surface area contributed by atoms with Crippen molar-refractivity contribution < 1.29 is 0 Å².